The average Bonchev–Trinajstić information content (AvgIpc) is 2.39. The van der Waals surface area contributed by atoms with E-state index in [1.165, 1.54) is 18.2 Å². The Bertz CT molecular complexity index is 701. The van der Waals surface area contributed by atoms with Crippen molar-refractivity contribution in [3.63, 3.8) is 0 Å². The summed E-state index contributed by atoms with van der Waals surface area (Å²) in [6.45, 7) is 1.74. The topological polar surface area (TPSA) is 46.2 Å². The van der Waals surface area contributed by atoms with E-state index in [4.69, 9.17) is 0 Å². The zero-order chi connectivity index (χ0) is 14.8. The van der Waals surface area contributed by atoms with Gasteiger partial charge in [-0.15, -0.1) is 0 Å². The summed E-state index contributed by atoms with van der Waals surface area (Å²) in [5.74, 6) is -0.579. The Balaban J connectivity index is 2.22. The Kier molecular flexibility index (Phi) is 4.57. The van der Waals surface area contributed by atoms with Gasteiger partial charge < -0.3 is 0 Å². The summed E-state index contributed by atoms with van der Waals surface area (Å²) < 4.78 is 40.8. The molecule has 2 aromatic carbocycles. The lowest BCUT2D eigenvalue weighted by Crippen LogP contribution is -2.26. The van der Waals surface area contributed by atoms with Crippen LogP contribution in [0.5, 0.6) is 0 Å². The minimum absolute atomic E-state index is 0.0820. The second-order valence-electron chi connectivity index (χ2n) is 4.35. The van der Waals surface area contributed by atoms with Crippen molar-refractivity contribution in [1.82, 2.24) is 4.72 Å². The fraction of sp³-hybridized carbons (Fsp3) is 0.143. The second-order valence-corrected chi connectivity index (χ2v) is 6.98. The third-order valence-corrected chi connectivity index (χ3v) is 4.88. The van der Waals surface area contributed by atoms with Crippen LogP contribution in [0.4, 0.5) is 4.39 Å². The Labute approximate surface area is 126 Å². The number of hydrogen-bond donors (Lipinski definition) is 1. The molecule has 0 heterocycles. The molecule has 0 fully saturated rings. The van der Waals surface area contributed by atoms with Gasteiger partial charge in [0, 0.05) is 10.5 Å². The molecule has 0 aliphatic carbocycles. The van der Waals surface area contributed by atoms with Gasteiger partial charge in [-0.2, -0.15) is 0 Å². The van der Waals surface area contributed by atoms with Gasteiger partial charge in [0.25, 0.3) is 0 Å². The van der Waals surface area contributed by atoms with Gasteiger partial charge >= 0.3 is 0 Å². The molecule has 0 spiro atoms. The van der Waals surface area contributed by atoms with Gasteiger partial charge in [0.1, 0.15) is 5.82 Å². The molecule has 1 atom stereocenters. The Hall–Kier alpha value is -1.24. The molecule has 0 saturated carbocycles. The van der Waals surface area contributed by atoms with E-state index in [2.05, 4.69) is 20.7 Å². The largest absolute Gasteiger partial charge is 0.241 e. The summed E-state index contributed by atoms with van der Waals surface area (Å²) in [6.07, 6.45) is 0. The quantitative estimate of drug-likeness (QED) is 0.907. The minimum atomic E-state index is -3.74. The summed E-state index contributed by atoms with van der Waals surface area (Å²) in [4.78, 5) is -0.0820. The highest BCUT2D eigenvalue weighted by Crippen LogP contribution is 2.19. The lowest BCUT2D eigenvalue weighted by atomic mass is 10.1. The maximum atomic E-state index is 13.1. The molecule has 0 aliphatic heterocycles. The van der Waals surface area contributed by atoms with Gasteiger partial charge in [-0.25, -0.2) is 17.5 Å². The number of nitrogens with one attached hydrogen (secondary N) is 1. The van der Waals surface area contributed by atoms with Crippen LogP contribution in [0.1, 0.15) is 18.5 Å². The van der Waals surface area contributed by atoms with E-state index >= 15 is 0 Å². The first-order valence-corrected chi connectivity index (χ1v) is 8.19. The maximum absolute atomic E-state index is 13.1. The van der Waals surface area contributed by atoms with Gasteiger partial charge in [0.15, 0.2) is 0 Å². The van der Waals surface area contributed by atoms with Crippen molar-refractivity contribution in [2.45, 2.75) is 17.9 Å². The van der Waals surface area contributed by atoms with Gasteiger partial charge in [-0.05, 0) is 42.8 Å². The lowest BCUT2D eigenvalue weighted by Gasteiger charge is -2.14. The highest BCUT2D eigenvalue weighted by molar-refractivity contribution is 9.10. The summed E-state index contributed by atoms with van der Waals surface area (Å²) in [5, 5.41) is 0. The van der Waals surface area contributed by atoms with Crippen LogP contribution in [-0.2, 0) is 10.0 Å². The van der Waals surface area contributed by atoms with Crippen molar-refractivity contribution in [2.75, 3.05) is 0 Å². The molecule has 106 valence electrons. The number of hydrogen-bond acceptors (Lipinski definition) is 2. The van der Waals surface area contributed by atoms with Gasteiger partial charge in [0.2, 0.25) is 10.0 Å². The first-order chi connectivity index (χ1) is 9.38. The third-order valence-electron chi connectivity index (χ3n) is 2.81. The van der Waals surface area contributed by atoms with Crippen LogP contribution < -0.4 is 4.72 Å². The number of sulfonamides is 1. The number of rotatable bonds is 4. The van der Waals surface area contributed by atoms with Crippen molar-refractivity contribution in [1.29, 1.82) is 0 Å². The summed E-state index contributed by atoms with van der Waals surface area (Å²) in [7, 11) is -3.74. The monoisotopic (exact) mass is 357 g/mol. The average molecular weight is 358 g/mol. The Morgan fingerprint density at radius 3 is 2.40 bits per heavy atom. The van der Waals surface area contributed by atoms with E-state index in [1.807, 2.05) is 24.3 Å². The number of benzene rings is 2. The summed E-state index contributed by atoms with van der Waals surface area (Å²) >= 11 is 3.32. The zero-order valence-electron chi connectivity index (χ0n) is 10.7. The third kappa shape index (κ3) is 3.65. The lowest BCUT2D eigenvalue weighted by molar-refractivity contribution is 0.564. The van der Waals surface area contributed by atoms with Crippen LogP contribution in [0.25, 0.3) is 0 Å². The van der Waals surface area contributed by atoms with E-state index in [9.17, 15) is 12.8 Å². The van der Waals surface area contributed by atoms with Crippen LogP contribution in [0.2, 0.25) is 0 Å². The molecule has 2 aromatic rings. The van der Waals surface area contributed by atoms with Crippen LogP contribution in [-0.4, -0.2) is 8.42 Å². The Morgan fingerprint density at radius 2 is 1.80 bits per heavy atom. The molecule has 1 unspecified atom stereocenters. The molecule has 20 heavy (non-hydrogen) atoms. The van der Waals surface area contributed by atoms with E-state index in [0.717, 1.165) is 16.1 Å². The van der Waals surface area contributed by atoms with E-state index in [0.29, 0.717) is 0 Å². The molecule has 6 heteroatoms. The molecule has 0 saturated heterocycles. The molecule has 0 radical (unpaired) electrons. The first kappa shape index (κ1) is 15.2. The van der Waals surface area contributed by atoms with Crippen molar-refractivity contribution in [3.8, 4) is 0 Å². The van der Waals surface area contributed by atoms with Gasteiger partial charge in [-0.3, -0.25) is 0 Å². The highest BCUT2D eigenvalue weighted by atomic mass is 79.9. The SMILES string of the molecule is CC(NS(=O)(=O)c1cccc(F)c1)c1ccc(Br)cc1. The molecule has 1 N–H and O–H groups in total. The molecular formula is C14H13BrFNO2S. The molecular weight excluding hydrogens is 345 g/mol. The van der Waals surface area contributed by atoms with Gasteiger partial charge in [0.05, 0.1) is 4.90 Å². The normalized spacial score (nSPS) is 13.2. The first-order valence-electron chi connectivity index (χ1n) is 5.92. The van der Waals surface area contributed by atoms with Crippen LogP contribution in [0.3, 0.4) is 0 Å². The summed E-state index contributed by atoms with van der Waals surface area (Å²) in [5.41, 5.74) is 0.827. The molecule has 2 rings (SSSR count). The fourth-order valence-electron chi connectivity index (χ4n) is 1.75. The highest BCUT2D eigenvalue weighted by Gasteiger charge is 2.18. The molecule has 0 bridgehead atoms. The van der Waals surface area contributed by atoms with Crippen molar-refractivity contribution in [2.24, 2.45) is 0 Å². The minimum Gasteiger partial charge on any atom is -0.207 e. The molecule has 3 nitrogen and oxygen atoms in total. The van der Waals surface area contributed by atoms with Crippen molar-refractivity contribution in [3.05, 3.63) is 64.4 Å². The molecule has 0 aliphatic rings. The Morgan fingerprint density at radius 1 is 1.15 bits per heavy atom. The standard InChI is InChI=1S/C14H13BrFNO2S/c1-10(11-5-7-12(15)8-6-11)17-20(18,19)14-4-2-3-13(16)9-14/h2-10,17H,1H3. The van der Waals surface area contributed by atoms with Crippen molar-refractivity contribution < 1.29 is 12.8 Å². The second kappa shape index (κ2) is 6.03. The van der Waals surface area contributed by atoms with Crippen LogP contribution in [0.15, 0.2) is 57.9 Å². The maximum Gasteiger partial charge on any atom is 0.241 e. The van der Waals surface area contributed by atoms with Crippen LogP contribution in [0, 0.1) is 5.82 Å². The molecule has 0 aromatic heterocycles. The predicted molar refractivity (Wildman–Crippen MR) is 79.3 cm³/mol. The molecule has 0 amide bonds. The van der Waals surface area contributed by atoms with E-state index < -0.39 is 21.9 Å². The zero-order valence-corrected chi connectivity index (χ0v) is 13.1. The smallest absolute Gasteiger partial charge is 0.207 e. The van der Waals surface area contributed by atoms with E-state index in [-0.39, 0.29) is 4.90 Å². The van der Waals surface area contributed by atoms with Crippen molar-refractivity contribution >= 4 is 26.0 Å². The van der Waals surface area contributed by atoms with Crippen LogP contribution >= 0.6 is 15.9 Å². The summed E-state index contributed by atoms with van der Waals surface area (Å²) in [6, 6.07) is 11.8. The number of halogens is 2. The predicted octanol–water partition coefficient (Wildman–Crippen LogP) is 3.63. The van der Waals surface area contributed by atoms with Gasteiger partial charge in [-0.1, -0.05) is 34.1 Å². The van der Waals surface area contributed by atoms with E-state index in [1.54, 1.807) is 6.92 Å². The fourth-order valence-corrected chi connectivity index (χ4v) is 3.28.